The maximum Gasteiger partial charge on any atom is 0.123 e. The molecule has 100 valence electrons. The van der Waals surface area contributed by atoms with E-state index in [0.717, 1.165) is 37.9 Å². The van der Waals surface area contributed by atoms with Gasteiger partial charge >= 0.3 is 0 Å². The van der Waals surface area contributed by atoms with E-state index in [-0.39, 0.29) is 12.4 Å². The second-order valence-corrected chi connectivity index (χ2v) is 5.10. The quantitative estimate of drug-likeness (QED) is 0.786. The molecule has 1 aromatic rings. The molecule has 1 unspecified atom stereocenters. The largest absolute Gasteiger partial charge is 0.396 e. The van der Waals surface area contributed by atoms with Gasteiger partial charge in [0, 0.05) is 12.6 Å². The molecule has 2 rings (SSSR count). The molecule has 1 N–H and O–H groups in total. The Morgan fingerprint density at radius 2 is 2.22 bits per heavy atom. The number of nitrogens with zero attached hydrogens (tertiary/aromatic N) is 1. The molecule has 0 amide bonds. The molecule has 0 spiro atoms. The fraction of sp³-hybridized carbons (Fsp3) is 0.600. The number of halogens is 1. The van der Waals surface area contributed by atoms with Crippen molar-refractivity contribution in [2.75, 3.05) is 19.7 Å². The molecular weight excluding hydrogens is 229 g/mol. The van der Waals surface area contributed by atoms with Gasteiger partial charge in [0.15, 0.2) is 0 Å². The summed E-state index contributed by atoms with van der Waals surface area (Å²) in [4.78, 5) is 2.49. The van der Waals surface area contributed by atoms with Crippen molar-refractivity contribution in [1.29, 1.82) is 0 Å². The van der Waals surface area contributed by atoms with Crippen molar-refractivity contribution in [1.82, 2.24) is 4.90 Å². The van der Waals surface area contributed by atoms with Crippen LogP contribution in [0.15, 0.2) is 24.3 Å². The highest BCUT2D eigenvalue weighted by Gasteiger charge is 2.23. The van der Waals surface area contributed by atoms with E-state index in [9.17, 15) is 4.39 Å². The van der Waals surface area contributed by atoms with E-state index >= 15 is 0 Å². The topological polar surface area (TPSA) is 23.5 Å². The molecule has 0 radical (unpaired) electrons. The molecule has 3 heteroatoms. The van der Waals surface area contributed by atoms with Crippen LogP contribution in [-0.4, -0.2) is 35.7 Å². The first-order valence-corrected chi connectivity index (χ1v) is 6.89. The fourth-order valence-corrected chi connectivity index (χ4v) is 2.78. The van der Waals surface area contributed by atoms with Crippen LogP contribution in [0.5, 0.6) is 0 Å². The van der Waals surface area contributed by atoms with E-state index < -0.39 is 0 Å². The van der Waals surface area contributed by atoms with Crippen molar-refractivity contribution in [3.63, 3.8) is 0 Å². The van der Waals surface area contributed by atoms with Crippen molar-refractivity contribution in [2.45, 2.75) is 38.1 Å². The summed E-state index contributed by atoms with van der Waals surface area (Å²) in [5.74, 6) is -0.141. The molecule has 1 heterocycles. The first-order chi connectivity index (χ1) is 8.79. The van der Waals surface area contributed by atoms with E-state index in [0.29, 0.717) is 6.04 Å². The van der Waals surface area contributed by atoms with E-state index in [1.807, 2.05) is 6.07 Å². The van der Waals surface area contributed by atoms with Crippen molar-refractivity contribution in [3.8, 4) is 0 Å². The molecule has 1 aliphatic rings. The van der Waals surface area contributed by atoms with Gasteiger partial charge in [0.2, 0.25) is 0 Å². The summed E-state index contributed by atoms with van der Waals surface area (Å²) in [6, 6.07) is 7.48. The molecule has 0 aromatic heterocycles. The minimum atomic E-state index is -0.141. The van der Waals surface area contributed by atoms with Crippen LogP contribution in [0.2, 0.25) is 0 Å². The number of hydrogen-bond acceptors (Lipinski definition) is 2. The smallest absolute Gasteiger partial charge is 0.123 e. The van der Waals surface area contributed by atoms with Crippen LogP contribution in [0.25, 0.3) is 0 Å². The van der Waals surface area contributed by atoms with Gasteiger partial charge in [-0.25, -0.2) is 4.39 Å². The highest BCUT2D eigenvalue weighted by atomic mass is 19.1. The third-order valence-electron chi connectivity index (χ3n) is 3.71. The SMILES string of the molecule is OCCCCN1CCCC1Cc1cccc(F)c1. The number of benzene rings is 1. The Morgan fingerprint density at radius 3 is 3.00 bits per heavy atom. The molecule has 1 aliphatic heterocycles. The maximum absolute atomic E-state index is 13.1. The number of rotatable bonds is 6. The van der Waals surface area contributed by atoms with Crippen LogP contribution in [0.4, 0.5) is 4.39 Å². The predicted molar refractivity (Wildman–Crippen MR) is 71.0 cm³/mol. The Balaban J connectivity index is 1.87. The zero-order valence-electron chi connectivity index (χ0n) is 10.8. The van der Waals surface area contributed by atoms with Gasteiger partial charge in [-0.2, -0.15) is 0 Å². The molecule has 1 atom stereocenters. The third kappa shape index (κ3) is 3.79. The van der Waals surface area contributed by atoms with Crippen molar-refractivity contribution >= 4 is 0 Å². The van der Waals surface area contributed by atoms with Crippen LogP contribution < -0.4 is 0 Å². The van der Waals surface area contributed by atoms with Gasteiger partial charge < -0.3 is 10.0 Å². The van der Waals surface area contributed by atoms with Crippen LogP contribution in [0.3, 0.4) is 0 Å². The second-order valence-electron chi connectivity index (χ2n) is 5.10. The molecule has 1 fully saturated rings. The first kappa shape index (κ1) is 13.5. The van der Waals surface area contributed by atoms with E-state index in [1.54, 1.807) is 12.1 Å². The minimum Gasteiger partial charge on any atom is -0.396 e. The lowest BCUT2D eigenvalue weighted by molar-refractivity contribution is 0.228. The highest BCUT2D eigenvalue weighted by Crippen LogP contribution is 2.21. The summed E-state index contributed by atoms with van der Waals surface area (Å²) in [6.07, 6.45) is 5.31. The van der Waals surface area contributed by atoms with Gasteiger partial charge in [0.05, 0.1) is 0 Å². The third-order valence-corrected chi connectivity index (χ3v) is 3.71. The van der Waals surface area contributed by atoms with Crippen LogP contribution >= 0.6 is 0 Å². The monoisotopic (exact) mass is 251 g/mol. The Labute approximate surface area is 108 Å². The lowest BCUT2D eigenvalue weighted by Gasteiger charge is -2.24. The molecule has 1 aromatic carbocycles. The summed E-state index contributed by atoms with van der Waals surface area (Å²) < 4.78 is 13.1. The average Bonchev–Trinajstić information content (AvgIpc) is 2.77. The number of hydrogen-bond donors (Lipinski definition) is 1. The normalized spacial score (nSPS) is 20.4. The second kappa shape index (κ2) is 6.86. The molecule has 0 bridgehead atoms. The van der Waals surface area contributed by atoms with E-state index in [1.165, 1.54) is 18.9 Å². The summed E-state index contributed by atoms with van der Waals surface area (Å²) in [5.41, 5.74) is 1.09. The molecular formula is C15H22FNO. The van der Waals surface area contributed by atoms with Crippen LogP contribution in [-0.2, 0) is 6.42 Å². The minimum absolute atomic E-state index is 0.141. The molecule has 2 nitrogen and oxygen atoms in total. The van der Waals surface area contributed by atoms with Gasteiger partial charge in [-0.05, 0) is 62.9 Å². The Hall–Kier alpha value is -0.930. The Bertz CT molecular complexity index is 369. The van der Waals surface area contributed by atoms with Gasteiger partial charge in [-0.3, -0.25) is 0 Å². The molecule has 1 saturated heterocycles. The Kier molecular flexibility index (Phi) is 5.14. The van der Waals surface area contributed by atoms with Crippen molar-refractivity contribution in [3.05, 3.63) is 35.6 Å². The number of aliphatic hydroxyl groups is 1. The van der Waals surface area contributed by atoms with Gasteiger partial charge in [0.25, 0.3) is 0 Å². The molecule has 0 saturated carbocycles. The zero-order valence-corrected chi connectivity index (χ0v) is 10.8. The Morgan fingerprint density at radius 1 is 1.33 bits per heavy atom. The number of aliphatic hydroxyl groups excluding tert-OH is 1. The van der Waals surface area contributed by atoms with Gasteiger partial charge in [0.1, 0.15) is 5.82 Å². The predicted octanol–water partition coefficient (Wildman–Crippen LogP) is 2.61. The van der Waals surface area contributed by atoms with Crippen LogP contribution in [0.1, 0.15) is 31.2 Å². The maximum atomic E-state index is 13.1. The summed E-state index contributed by atoms with van der Waals surface area (Å²) in [7, 11) is 0. The standard InChI is InChI=1S/C15H22FNO/c16-14-6-3-5-13(11-14)12-15-7-4-9-17(15)8-1-2-10-18/h3,5-6,11,15,18H,1-2,4,7-10,12H2. The summed E-state index contributed by atoms with van der Waals surface area (Å²) >= 11 is 0. The lowest BCUT2D eigenvalue weighted by Crippen LogP contribution is -2.32. The van der Waals surface area contributed by atoms with Crippen molar-refractivity contribution < 1.29 is 9.50 Å². The molecule has 0 aliphatic carbocycles. The van der Waals surface area contributed by atoms with Crippen LogP contribution in [0, 0.1) is 5.82 Å². The van der Waals surface area contributed by atoms with Gasteiger partial charge in [-0.1, -0.05) is 12.1 Å². The molecule has 18 heavy (non-hydrogen) atoms. The lowest BCUT2D eigenvalue weighted by atomic mass is 10.0. The van der Waals surface area contributed by atoms with E-state index in [2.05, 4.69) is 4.90 Å². The van der Waals surface area contributed by atoms with Crippen molar-refractivity contribution in [2.24, 2.45) is 0 Å². The number of likely N-dealkylation sites (tertiary alicyclic amines) is 1. The highest BCUT2D eigenvalue weighted by molar-refractivity contribution is 5.17. The summed E-state index contributed by atoms with van der Waals surface area (Å²) in [6.45, 7) is 2.48. The first-order valence-electron chi connectivity index (χ1n) is 6.89. The summed E-state index contributed by atoms with van der Waals surface area (Å²) in [5, 5.41) is 8.81. The zero-order chi connectivity index (χ0) is 12.8. The van der Waals surface area contributed by atoms with Gasteiger partial charge in [-0.15, -0.1) is 0 Å². The van der Waals surface area contributed by atoms with E-state index in [4.69, 9.17) is 5.11 Å². The average molecular weight is 251 g/mol. The fourth-order valence-electron chi connectivity index (χ4n) is 2.78. The number of unbranched alkanes of at least 4 members (excludes halogenated alkanes) is 1.